The van der Waals surface area contributed by atoms with Crippen LogP contribution in [0, 0.1) is 5.82 Å². The summed E-state index contributed by atoms with van der Waals surface area (Å²) in [6.45, 7) is 5.36. The van der Waals surface area contributed by atoms with E-state index in [4.69, 9.17) is 40.3 Å². The Balaban J connectivity index is 1.07. The summed E-state index contributed by atoms with van der Waals surface area (Å²) in [7, 11) is 2.96. The average molecular weight is 663 g/mol. The number of benzene rings is 3. The summed E-state index contributed by atoms with van der Waals surface area (Å²) >= 11 is 6.02. The standard InChI is InChI=1S/C35H36ClFN4O6/c1-35(23-8-7-21(36)17-24(23)37)46-29-6-4-5-27(33(29)47-35)40-13-12-39(25-9-10-26(25)40)19-31-38-32-28(41(31)18-22-11-14-45-22)15-20(34(42)44-3)16-30(32)43-2/h4-8,15-17,22,25-26H,9-14,18-19H2,1-3H3/t22-,25+,26+,35?/m0/s1. The largest absolute Gasteiger partial charge is 0.494 e. The summed E-state index contributed by atoms with van der Waals surface area (Å²) in [5, 5.41) is 0.317. The van der Waals surface area contributed by atoms with E-state index in [1.807, 2.05) is 18.2 Å². The Labute approximate surface area is 276 Å². The van der Waals surface area contributed by atoms with E-state index in [9.17, 15) is 9.18 Å². The normalized spacial score (nSPS) is 24.9. The van der Waals surface area contributed by atoms with E-state index in [0.717, 1.165) is 61.5 Å². The van der Waals surface area contributed by atoms with Gasteiger partial charge >= 0.3 is 5.97 Å². The Morgan fingerprint density at radius 1 is 1.09 bits per heavy atom. The third-order valence-corrected chi connectivity index (χ3v) is 10.3. The number of aromatic nitrogens is 2. The second kappa shape index (κ2) is 11.6. The molecule has 1 unspecified atom stereocenters. The van der Waals surface area contributed by atoms with Gasteiger partial charge in [0.25, 0.3) is 5.79 Å². The summed E-state index contributed by atoms with van der Waals surface area (Å²) in [5.74, 6) is 0.446. The maximum Gasteiger partial charge on any atom is 0.338 e. The van der Waals surface area contributed by atoms with Crippen LogP contribution in [-0.4, -0.2) is 72.5 Å². The lowest BCUT2D eigenvalue weighted by atomic mass is 9.81. The van der Waals surface area contributed by atoms with Gasteiger partial charge in [-0.2, -0.15) is 0 Å². The van der Waals surface area contributed by atoms with E-state index >= 15 is 0 Å². The minimum Gasteiger partial charge on any atom is -0.494 e. The number of halogens is 2. The molecule has 0 radical (unpaired) electrons. The van der Waals surface area contributed by atoms with Crippen LogP contribution in [0.2, 0.25) is 5.02 Å². The predicted molar refractivity (Wildman–Crippen MR) is 173 cm³/mol. The molecular weight excluding hydrogens is 627 g/mol. The first-order valence-electron chi connectivity index (χ1n) is 16.0. The van der Waals surface area contributed by atoms with Gasteiger partial charge in [-0.15, -0.1) is 0 Å². The SMILES string of the molecule is COC(=O)c1cc(OC)c2nc(CN3CCN(c4cccc5c4OC(C)(c4ccc(Cl)cc4F)O5)[C@@H]4CC[C@H]43)n(C[C@@H]3CCO3)c2c1. The number of carbonyl (C=O) groups excluding carboxylic acids is 1. The average Bonchev–Trinajstić information content (AvgIpc) is 3.55. The van der Waals surface area contributed by atoms with Crippen LogP contribution in [0.25, 0.3) is 11.0 Å². The highest BCUT2D eigenvalue weighted by Gasteiger charge is 2.47. The second-order valence-electron chi connectivity index (χ2n) is 12.7. The number of hydrogen-bond donors (Lipinski definition) is 0. The van der Waals surface area contributed by atoms with Crippen molar-refractivity contribution >= 4 is 34.3 Å². The molecule has 4 heterocycles. The van der Waals surface area contributed by atoms with Gasteiger partial charge in [0.15, 0.2) is 11.5 Å². The Kier molecular flexibility index (Phi) is 7.46. The van der Waals surface area contributed by atoms with Crippen molar-refractivity contribution < 1.29 is 32.9 Å². The van der Waals surface area contributed by atoms with E-state index in [1.54, 1.807) is 32.2 Å². The minimum absolute atomic E-state index is 0.0988. The second-order valence-corrected chi connectivity index (χ2v) is 13.1. The Hall–Kier alpha value is -4.06. The van der Waals surface area contributed by atoms with E-state index < -0.39 is 17.6 Å². The van der Waals surface area contributed by atoms with Crippen molar-refractivity contribution in [1.29, 1.82) is 0 Å². The van der Waals surface area contributed by atoms with Gasteiger partial charge in [-0.1, -0.05) is 17.7 Å². The molecule has 0 N–H and O–H groups in total. The molecule has 4 aliphatic rings. The van der Waals surface area contributed by atoms with Crippen LogP contribution in [-0.2, 0) is 28.4 Å². The molecule has 12 heteroatoms. The number of piperazine rings is 1. The fourth-order valence-electron chi connectivity index (χ4n) is 7.39. The summed E-state index contributed by atoms with van der Waals surface area (Å²) in [5.41, 5.74) is 3.21. The van der Waals surface area contributed by atoms with Crippen molar-refractivity contribution in [3.8, 4) is 17.2 Å². The quantitative estimate of drug-likeness (QED) is 0.214. The highest BCUT2D eigenvalue weighted by molar-refractivity contribution is 6.30. The Morgan fingerprint density at radius 3 is 2.62 bits per heavy atom. The summed E-state index contributed by atoms with van der Waals surface area (Å²) in [6.07, 6.45) is 3.18. The van der Waals surface area contributed by atoms with Gasteiger partial charge < -0.3 is 33.2 Å². The van der Waals surface area contributed by atoms with Crippen molar-refractivity contribution in [2.45, 2.75) is 63.3 Å². The number of methoxy groups -OCH3 is 2. The summed E-state index contributed by atoms with van der Waals surface area (Å²) in [4.78, 5) is 22.5. The van der Waals surface area contributed by atoms with Crippen LogP contribution in [0.5, 0.6) is 17.2 Å². The lowest BCUT2D eigenvalue weighted by Crippen LogP contribution is -2.64. The van der Waals surface area contributed by atoms with Crippen LogP contribution in [0.4, 0.5) is 10.1 Å². The molecule has 3 aromatic carbocycles. The number of hydrogen-bond acceptors (Lipinski definition) is 9. The number of imidazole rings is 1. The number of esters is 1. The highest BCUT2D eigenvalue weighted by atomic mass is 35.5. The lowest BCUT2D eigenvalue weighted by Gasteiger charge is -2.54. The number of para-hydroxylation sites is 1. The Bertz CT molecular complexity index is 1880. The third-order valence-electron chi connectivity index (χ3n) is 10.1. The zero-order chi connectivity index (χ0) is 32.4. The molecular formula is C35H36ClFN4O6. The predicted octanol–water partition coefficient (Wildman–Crippen LogP) is 5.91. The van der Waals surface area contributed by atoms with Crippen molar-refractivity contribution in [2.24, 2.45) is 0 Å². The van der Waals surface area contributed by atoms with Crippen LogP contribution in [0.1, 0.15) is 47.9 Å². The van der Waals surface area contributed by atoms with Crippen LogP contribution in [0.3, 0.4) is 0 Å². The van der Waals surface area contributed by atoms with E-state index in [2.05, 4.69) is 20.4 Å². The zero-order valence-electron chi connectivity index (χ0n) is 26.5. The molecule has 3 fully saturated rings. The first kappa shape index (κ1) is 30.3. The maximum atomic E-state index is 15.0. The van der Waals surface area contributed by atoms with Gasteiger partial charge in [0.2, 0.25) is 0 Å². The number of nitrogens with zero attached hydrogens (tertiary/aromatic N) is 4. The topological polar surface area (TPSA) is 87.5 Å². The molecule has 4 aromatic rings. The molecule has 1 aromatic heterocycles. The maximum absolute atomic E-state index is 15.0. The fraction of sp³-hybridized carbons (Fsp3) is 0.429. The molecule has 246 valence electrons. The van der Waals surface area contributed by atoms with Crippen LogP contribution in [0.15, 0.2) is 48.5 Å². The molecule has 2 saturated heterocycles. The molecule has 4 atom stereocenters. The summed E-state index contributed by atoms with van der Waals surface area (Å²) in [6, 6.07) is 14.5. The van der Waals surface area contributed by atoms with Gasteiger partial charge in [-0.3, -0.25) is 4.90 Å². The fourth-order valence-corrected chi connectivity index (χ4v) is 7.55. The van der Waals surface area contributed by atoms with Crippen LogP contribution < -0.4 is 19.1 Å². The monoisotopic (exact) mass is 662 g/mol. The molecule has 0 bridgehead atoms. The number of carbonyl (C=O) groups is 1. The lowest BCUT2D eigenvalue weighted by molar-refractivity contribution is -0.0706. The number of ether oxygens (including phenoxy) is 5. The highest BCUT2D eigenvalue weighted by Crippen LogP contribution is 2.51. The molecule has 0 spiro atoms. The molecule has 0 amide bonds. The van der Waals surface area contributed by atoms with Gasteiger partial charge in [0.05, 0.1) is 55.7 Å². The molecule has 10 nitrogen and oxygen atoms in total. The first-order chi connectivity index (χ1) is 22.8. The Morgan fingerprint density at radius 2 is 1.91 bits per heavy atom. The van der Waals surface area contributed by atoms with Crippen molar-refractivity contribution in [3.05, 3.63) is 76.3 Å². The van der Waals surface area contributed by atoms with Gasteiger partial charge in [0.1, 0.15) is 22.9 Å². The number of rotatable bonds is 8. The molecule has 1 saturated carbocycles. The van der Waals surface area contributed by atoms with Crippen LogP contribution >= 0.6 is 11.6 Å². The number of anilines is 1. The van der Waals surface area contributed by atoms with E-state index in [0.29, 0.717) is 52.5 Å². The minimum atomic E-state index is -1.31. The molecule has 1 aliphatic carbocycles. The van der Waals surface area contributed by atoms with Crippen molar-refractivity contribution in [3.63, 3.8) is 0 Å². The van der Waals surface area contributed by atoms with Gasteiger partial charge in [-0.25, -0.2) is 14.2 Å². The first-order valence-corrected chi connectivity index (χ1v) is 16.4. The molecule has 3 aliphatic heterocycles. The summed E-state index contributed by atoms with van der Waals surface area (Å²) < 4.78 is 46.4. The van der Waals surface area contributed by atoms with Crippen molar-refractivity contribution in [2.75, 3.05) is 38.8 Å². The van der Waals surface area contributed by atoms with E-state index in [1.165, 1.54) is 13.2 Å². The van der Waals surface area contributed by atoms with Gasteiger partial charge in [0, 0.05) is 43.7 Å². The van der Waals surface area contributed by atoms with E-state index in [-0.39, 0.29) is 12.1 Å². The zero-order valence-corrected chi connectivity index (χ0v) is 27.3. The van der Waals surface area contributed by atoms with Crippen molar-refractivity contribution in [1.82, 2.24) is 14.5 Å². The number of fused-ring (bicyclic) bond motifs is 3. The molecule has 47 heavy (non-hydrogen) atoms. The van der Waals surface area contributed by atoms with Gasteiger partial charge in [-0.05, 0) is 61.7 Å². The molecule has 8 rings (SSSR count). The smallest absolute Gasteiger partial charge is 0.338 e. The third kappa shape index (κ3) is 5.06.